The quantitative estimate of drug-likeness (QED) is 0.242. The van der Waals surface area contributed by atoms with Crippen LogP contribution in [0.3, 0.4) is 0 Å². The molecule has 2 aromatic carbocycles. The van der Waals surface area contributed by atoms with Crippen LogP contribution in [0.15, 0.2) is 59.5 Å². The molecule has 0 spiro atoms. The minimum Gasteiger partial charge on any atom is -0.464 e. The Hall–Kier alpha value is -3.35. The maximum absolute atomic E-state index is 16.4. The molecule has 7 atom stereocenters. The summed E-state index contributed by atoms with van der Waals surface area (Å²) >= 11 is 0. The number of carbonyl (C=O) groups is 1. The highest BCUT2D eigenvalue weighted by Gasteiger charge is 2.86. The Balaban J connectivity index is 1.42. The molecule has 5 rings (SSSR count). The van der Waals surface area contributed by atoms with Gasteiger partial charge in [0.2, 0.25) is 5.67 Å². The average molecular weight is 605 g/mol. The molecule has 226 valence electrons. The summed E-state index contributed by atoms with van der Waals surface area (Å²) in [5.41, 5.74) is -0.531. The van der Waals surface area contributed by atoms with Crippen molar-refractivity contribution in [1.29, 1.82) is 0 Å². The lowest BCUT2D eigenvalue weighted by atomic mass is 9.97. The Kier molecular flexibility index (Phi) is 7.48. The average Bonchev–Trinajstić information content (AvgIpc) is 3.39. The van der Waals surface area contributed by atoms with E-state index < -0.39 is 55.2 Å². The van der Waals surface area contributed by atoms with Gasteiger partial charge in [0.05, 0.1) is 6.61 Å². The molecule has 0 bridgehead atoms. The Morgan fingerprint density at radius 2 is 1.95 bits per heavy atom. The fraction of sp³-hybridized carbons (Fsp3) is 0.464. The van der Waals surface area contributed by atoms with Gasteiger partial charge in [-0.15, -0.1) is 0 Å². The number of nitrogens with one attached hydrogen (secondary N) is 1. The molecule has 12 nitrogen and oxygen atoms in total. The monoisotopic (exact) mass is 604 g/mol. The molecular formula is C28H34FN4O8P. The lowest BCUT2D eigenvalue weighted by molar-refractivity contribution is -0.148. The van der Waals surface area contributed by atoms with E-state index in [-0.39, 0.29) is 23.6 Å². The number of carbonyl (C=O) groups excluding carboxylic acids is 1. The van der Waals surface area contributed by atoms with Gasteiger partial charge in [0.25, 0.3) is 0 Å². The van der Waals surface area contributed by atoms with Crippen molar-refractivity contribution < 1.29 is 37.4 Å². The van der Waals surface area contributed by atoms with Gasteiger partial charge in [0.15, 0.2) is 6.23 Å². The molecule has 2 fully saturated rings. The van der Waals surface area contributed by atoms with E-state index >= 15 is 4.39 Å². The summed E-state index contributed by atoms with van der Waals surface area (Å²) in [6.45, 7) is 8.31. The molecule has 0 radical (unpaired) electrons. The van der Waals surface area contributed by atoms with Gasteiger partial charge in [-0.1, -0.05) is 57.2 Å². The van der Waals surface area contributed by atoms with Gasteiger partial charge in [0.1, 0.15) is 35.4 Å². The molecule has 2 unspecified atom stereocenters. The van der Waals surface area contributed by atoms with Crippen molar-refractivity contribution in [3.05, 3.63) is 65.2 Å². The van der Waals surface area contributed by atoms with Gasteiger partial charge >= 0.3 is 19.4 Å². The summed E-state index contributed by atoms with van der Waals surface area (Å²) in [4.78, 5) is 28.7. The van der Waals surface area contributed by atoms with E-state index in [1.54, 1.807) is 24.3 Å². The molecule has 3 aromatic rings. The molecule has 14 heteroatoms. The third-order valence-corrected chi connectivity index (χ3v) is 8.85. The fourth-order valence-electron chi connectivity index (χ4n) is 4.91. The zero-order valence-electron chi connectivity index (χ0n) is 23.8. The van der Waals surface area contributed by atoms with Crippen molar-refractivity contribution in [3.63, 3.8) is 0 Å². The second-order valence-corrected chi connectivity index (χ2v) is 13.6. The van der Waals surface area contributed by atoms with Gasteiger partial charge in [0, 0.05) is 11.6 Å². The van der Waals surface area contributed by atoms with Crippen LogP contribution < -0.4 is 21.0 Å². The van der Waals surface area contributed by atoms with E-state index in [1.807, 2.05) is 39.0 Å². The second kappa shape index (κ2) is 10.4. The molecule has 4 N–H and O–H groups in total. The number of nitrogens with two attached hydrogens (primary N) is 1. The molecule has 1 aromatic heterocycles. The van der Waals surface area contributed by atoms with Gasteiger partial charge in [-0.05, 0) is 36.8 Å². The zero-order chi connectivity index (χ0) is 30.7. The zero-order valence-corrected chi connectivity index (χ0v) is 24.7. The van der Waals surface area contributed by atoms with Crippen molar-refractivity contribution in [2.24, 2.45) is 5.41 Å². The molecule has 42 heavy (non-hydrogen) atoms. The third kappa shape index (κ3) is 5.43. The standard InChI is InChI=1S/C28H34FN4O8P/c1-16(23(34)38-15-26(2,3)4)32-42(37,40-19-12-8-10-17-9-6-7-11-18(17)19)41-22-21-28(22,29)27(5,36)24(39-21)33-14-13-20(30)31-25(33)35/h6-14,16,21-22,24,36H,15H2,1-5H3,(H,32,37)(H2,30,31,35)/t16-,21+,22?,24+,27-,28-,42?/m0/s1. The minimum atomic E-state index is -4.55. The van der Waals surface area contributed by atoms with Crippen molar-refractivity contribution >= 4 is 30.3 Å². The highest BCUT2D eigenvalue weighted by atomic mass is 31.2. The number of fused-ring (bicyclic) bond motifs is 2. The predicted octanol–water partition coefficient (Wildman–Crippen LogP) is 3.49. The topological polar surface area (TPSA) is 164 Å². The Labute approximate surface area is 241 Å². The number of nitrogen functional groups attached to an aromatic ring is 1. The van der Waals surface area contributed by atoms with E-state index in [1.165, 1.54) is 19.2 Å². The summed E-state index contributed by atoms with van der Waals surface area (Å²) in [5.74, 6) is -0.620. The van der Waals surface area contributed by atoms with E-state index in [2.05, 4.69) is 10.1 Å². The number of aromatic nitrogens is 2. The molecular weight excluding hydrogens is 570 g/mol. The number of esters is 1. The van der Waals surface area contributed by atoms with Gasteiger partial charge < -0.3 is 24.8 Å². The summed E-state index contributed by atoms with van der Waals surface area (Å²) in [7, 11) is -4.55. The van der Waals surface area contributed by atoms with E-state index in [4.69, 9.17) is 24.3 Å². The summed E-state index contributed by atoms with van der Waals surface area (Å²) in [6, 6.07) is 12.4. The lowest BCUT2D eigenvalue weighted by Crippen LogP contribution is -2.49. The largest absolute Gasteiger partial charge is 0.464 e. The molecule has 1 saturated heterocycles. The minimum absolute atomic E-state index is 0.0528. The van der Waals surface area contributed by atoms with Gasteiger partial charge in [-0.25, -0.2) is 13.8 Å². The van der Waals surface area contributed by atoms with Crippen molar-refractivity contribution in [2.75, 3.05) is 12.3 Å². The first-order valence-corrected chi connectivity index (χ1v) is 14.9. The number of benzene rings is 2. The Morgan fingerprint density at radius 1 is 1.26 bits per heavy atom. The van der Waals surface area contributed by atoms with Crippen LogP contribution >= 0.6 is 7.75 Å². The number of nitrogens with zero attached hydrogens (tertiary/aromatic N) is 2. The number of halogens is 1. The summed E-state index contributed by atoms with van der Waals surface area (Å²) < 4.78 is 54.3. The molecule has 2 heterocycles. The maximum Gasteiger partial charge on any atom is 0.459 e. The smallest absolute Gasteiger partial charge is 0.459 e. The number of anilines is 1. The van der Waals surface area contributed by atoms with Crippen LogP contribution in [0, 0.1) is 5.41 Å². The van der Waals surface area contributed by atoms with Crippen LogP contribution in [-0.4, -0.2) is 56.8 Å². The number of aliphatic hydroxyl groups is 1. The first-order chi connectivity index (χ1) is 19.6. The van der Waals surface area contributed by atoms with Crippen LogP contribution in [0.4, 0.5) is 10.2 Å². The molecule has 1 aliphatic carbocycles. The normalized spacial score (nSPS) is 29.0. The van der Waals surface area contributed by atoms with Crippen molar-refractivity contribution in [3.8, 4) is 5.75 Å². The molecule has 2 aliphatic rings. The number of hydrogen-bond acceptors (Lipinski definition) is 10. The van der Waals surface area contributed by atoms with Crippen LogP contribution in [0.25, 0.3) is 10.8 Å². The maximum atomic E-state index is 16.4. The fourth-order valence-corrected chi connectivity index (χ4v) is 6.63. The Morgan fingerprint density at radius 3 is 2.60 bits per heavy atom. The Bertz CT molecular complexity index is 1620. The number of rotatable bonds is 9. The number of hydrogen-bond donors (Lipinski definition) is 3. The summed E-state index contributed by atoms with van der Waals surface area (Å²) in [5, 5.41) is 15.2. The molecule has 1 aliphatic heterocycles. The van der Waals surface area contributed by atoms with Crippen LogP contribution in [-0.2, 0) is 23.4 Å². The van der Waals surface area contributed by atoms with Crippen LogP contribution in [0.2, 0.25) is 0 Å². The number of alkyl halides is 1. The van der Waals surface area contributed by atoms with E-state index in [9.17, 15) is 19.3 Å². The van der Waals surface area contributed by atoms with Gasteiger partial charge in [-0.2, -0.15) is 10.1 Å². The predicted molar refractivity (Wildman–Crippen MR) is 151 cm³/mol. The highest BCUT2D eigenvalue weighted by Crippen LogP contribution is 2.66. The van der Waals surface area contributed by atoms with Gasteiger partial charge in [-0.3, -0.25) is 13.9 Å². The van der Waals surface area contributed by atoms with Crippen LogP contribution in [0.5, 0.6) is 5.75 Å². The lowest BCUT2D eigenvalue weighted by Gasteiger charge is -2.32. The molecule has 1 saturated carbocycles. The van der Waals surface area contributed by atoms with Crippen molar-refractivity contribution in [1.82, 2.24) is 14.6 Å². The van der Waals surface area contributed by atoms with Crippen LogP contribution in [0.1, 0.15) is 40.8 Å². The van der Waals surface area contributed by atoms with Crippen molar-refractivity contribution in [2.45, 2.75) is 70.4 Å². The SMILES string of the molecule is C[C@H](NP(=O)(Oc1cccc2ccccc12)OC1[C@H]2O[C@@H](n3ccc(N)nc3=O)[C@](C)(O)[C@@]12F)C(=O)OCC(C)(C)C. The van der Waals surface area contributed by atoms with E-state index in [0.29, 0.717) is 5.39 Å². The third-order valence-electron chi connectivity index (χ3n) is 7.20. The molecule has 0 amide bonds. The number of ether oxygens (including phenoxy) is 2. The highest BCUT2D eigenvalue weighted by molar-refractivity contribution is 7.52. The first kappa shape index (κ1) is 30.1. The summed E-state index contributed by atoms with van der Waals surface area (Å²) in [6.07, 6.45) is -3.23. The second-order valence-electron chi connectivity index (χ2n) is 12.0. The first-order valence-electron chi connectivity index (χ1n) is 13.4. The van der Waals surface area contributed by atoms with E-state index in [0.717, 1.165) is 16.9 Å².